The predicted octanol–water partition coefficient (Wildman–Crippen LogP) is 4.18. The number of aryl methyl sites for hydroxylation is 2. The second-order valence-electron chi connectivity index (χ2n) is 7.04. The zero-order valence-corrected chi connectivity index (χ0v) is 15.2. The molecule has 5 heteroatoms. The van der Waals surface area contributed by atoms with Gasteiger partial charge in [0.25, 0.3) is 5.56 Å². The molecule has 1 saturated carbocycles. The molecule has 27 heavy (non-hydrogen) atoms. The number of para-hydroxylation sites is 1. The average molecular weight is 364 g/mol. The summed E-state index contributed by atoms with van der Waals surface area (Å²) in [6, 6.07) is 14.2. The lowest BCUT2D eigenvalue weighted by molar-refractivity contribution is 0.433. The lowest BCUT2D eigenvalue weighted by atomic mass is 10.1. The molecule has 1 N–H and O–H groups in total. The molecule has 1 aliphatic rings. The molecule has 138 valence electrons. The maximum Gasteiger partial charge on any atom is 0.257 e. The van der Waals surface area contributed by atoms with Crippen LogP contribution in [-0.4, -0.2) is 14.7 Å². The summed E-state index contributed by atoms with van der Waals surface area (Å²) >= 11 is 0. The Bertz CT molecular complexity index is 1040. The predicted molar refractivity (Wildman–Crippen MR) is 102 cm³/mol. The third kappa shape index (κ3) is 3.37. The van der Waals surface area contributed by atoms with E-state index in [9.17, 15) is 14.3 Å². The van der Waals surface area contributed by atoms with Crippen molar-refractivity contribution in [1.29, 1.82) is 0 Å². The van der Waals surface area contributed by atoms with Crippen LogP contribution in [-0.2, 0) is 13.0 Å². The number of phenols is 1. The van der Waals surface area contributed by atoms with E-state index in [0.717, 1.165) is 24.0 Å². The van der Waals surface area contributed by atoms with Gasteiger partial charge in [-0.15, -0.1) is 0 Å². The molecule has 0 aliphatic heterocycles. The third-order valence-electron chi connectivity index (χ3n) is 5.07. The van der Waals surface area contributed by atoms with Gasteiger partial charge in [0, 0.05) is 17.8 Å². The van der Waals surface area contributed by atoms with Crippen molar-refractivity contribution in [2.45, 2.75) is 38.6 Å². The van der Waals surface area contributed by atoms with Gasteiger partial charge in [-0.3, -0.25) is 9.36 Å². The molecule has 1 fully saturated rings. The standard InChI is InChI=1S/C22H21FN2O2/c1-14-19(16-10-11-16)22(27)25(13-12-15-6-3-2-4-7-15)21(24-14)17-8-5-9-18(23)20(17)26/h2-9,16,26H,10-13H2,1H3. The van der Waals surface area contributed by atoms with Crippen molar-refractivity contribution in [3.8, 4) is 17.1 Å². The van der Waals surface area contributed by atoms with Crippen molar-refractivity contribution in [1.82, 2.24) is 9.55 Å². The van der Waals surface area contributed by atoms with E-state index in [4.69, 9.17) is 0 Å². The van der Waals surface area contributed by atoms with Crippen LogP contribution in [0.15, 0.2) is 53.3 Å². The summed E-state index contributed by atoms with van der Waals surface area (Å²) < 4.78 is 15.5. The molecule has 3 aromatic rings. The fourth-order valence-electron chi connectivity index (χ4n) is 3.51. The molecule has 0 amide bonds. The summed E-state index contributed by atoms with van der Waals surface area (Å²) in [7, 11) is 0. The molecular formula is C22H21FN2O2. The van der Waals surface area contributed by atoms with Gasteiger partial charge in [-0.25, -0.2) is 9.37 Å². The first-order valence-electron chi connectivity index (χ1n) is 9.19. The monoisotopic (exact) mass is 364 g/mol. The van der Waals surface area contributed by atoms with Gasteiger partial charge in [0.15, 0.2) is 11.6 Å². The van der Waals surface area contributed by atoms with Crippen molar-refractivity contribution < 1.29 is 9.50 Å². The first kappa shape index (κ1) is 17.5. The van der Waals surface area contributed by atoms with Gasteiger partial charge in [0.1, 0.15) is 5.82 Å². The van der Waals surface area contributed by atoms with Crippen molar-refractivity contribution >= 4 is 0 Å². The fraction of sp³-hybridized carbons (Fsp3) is 0.273. The normalized spacial score (nSPS) is 13.7. The SMILES string of the molecule is Cc1nc(-c2cccc(F)c2O)n(CCc2ccccc2)c(=O)c1C1CC1. The Labute approximate surface area is 156 Å². The van der Waals surface area contributed by atoms with Crippen LogP contribution in [0.25, 0.3) is 11.4 Å². The van der Waals surface area contributed by atoms with Crippen molar-refractivity contribution in [3.63, 3.8) is 0 Å². The van der Waals surface area contributed by atoms with Crippen molar-refractivity contribution in [3.05, 3.63) is 81.5 Å². The molecule has 1 aromatic heterocycles. The minimum atomic E-state index is -0.722. The van der Waals surface area contributed by atoms with E-state index in [2.05, 4.69) is 4.98 Å². The van der Waals surface area contributed by atoms with Gasteiger partial charge >= 0.3 is 0 Å². The number of aromatic hydroxyl groups is 1. The van der Waals surface area contributed by atoms with Gasteiger partial charge < -0.3 is 5.11 Å². The quantitative estimate of drug-likeness (QED) is 0.739. The van der Waals surface area contributed by atoms with Crippen LogP contribution in [0.3, 0.4) is 0 Å². The molecule has 0 spiro atoms. The lowest BCUT2D eigenvalue weighted by Crippen LogP contribution is -2.28. The van der Waals surface area contributed by atoms with Crippen LogP contribution < -0.4 is 5.56 Å². The number of benzene rings is 2. The van der Waals surface area contributed by atoms with E-state index < -0.39 is 11.6 Å². The van der Waals surface area contributed by atoms with Crippen LogP contribution in [0, 0.1) is 12.7 Å². The highest BCUT2D eigenvalue weighted by atomic mass is 19.1. The Balaban J connectivity index is 1.84. The topological polar surface area (TPSA) is 55.1 Å². The van der Waals surface area contributed by atoms with Crippen LogP contribution in [0.5, 0.6) is 5.75 Å². The summed E-state index contributed by atoms with van der Waals surface area (Å²) in [6.07, 6.45) is 2.65. The number of rotatable bonds is 5. The van der Waals surface area contributed by atoms with Crippen LogP contribution in [0.1, 0.15) is 35.6 Å². The molecular weight excluding hydrogens is 343 g/mol. The van der Waals surface area contributed by atoms with E-state index in [1.807, 2.05) is 37.3 Å². The van der Waals surface area contributed by atoms with Crippen LogP contribution in [0.4, 0.5) is 4.39 Å². The minimum absolute atomic E-state index is 0.0837. The van der Waals surface area contributed by atoms with E-state index in [1.165, 1.54) is 12.1 Å². The maximum atomic E-state index is 13.9. The number of hydrogen-bond acceptors (Lipinski definition) is 3. The lowest BCUT2D eigenvalue weighted by Gasteiger charge is -2.17. The van der Waals surface area contributed by atoms with Gasteiger partial charge in [0.05, 0.1) is 5.56 Å². The zero-order chi connectivity index (χ0) is 19.0. The van der Waals surface area contributed by atoms with Gasteiger partial charge in [-0.2, -0.15) is 0 Å². The Morgan fingerprint density at radius 3 is 2.59 bits per heavy atom. The van der Waals surface area contributed by atoms with Crippen molar-refractivity contribution in [2.24, 2.45) is 0 Å². The molecule has 1 heterocycles. The number of phenolic OH excluding ortho intramolecular Hbond substituents is 1. The first-order chi connectivity index (χ1) is 13.1. The van der Waals surface area contributed by atoms with Gasteiger partial charge in [-0.1, -0.05) is 36.4 Å². The summed E-state index contributed by atoms with van der Waals surface area (Å²) in [4.78, 5) is 17.8. The van der Waals surface area contributed by atoms with Crippen LogP contribution in [0.2, 0.25) is 0 Å². The maximum absolute atomic E-state index is 13.9. The molecule has 4 nitrogen and oxygen atoms in total. The highest BCUT2D eigenvalue weighted by molar-refractivity contribution is 5.64. The fourth-order valence-corrected chi connectivity index (χ4v) is 3.51. The first-order valence-corrected chi connectivity index (χ1v) is 9.19. The van der Waals surface area contributed by atoms with Gasteiger partial charge in [0.2, 0.25) is 0 Å². The second-order valence-corrected chi connectivity index (χ2v) is 7.04. The zero-order valence-electron chi connectivity index (χ0n) is 15.2. The smallest absolute Gasteiger partial charge is 0.257 e. The van der Waals surface area contributed by atoms with Crippen molar-refractivity contribution in [2.75, 3.05) is 0 Å². The Morgan fingerprint density at radius 2 is 1.89 bits per heavy atom. The number of nitrogens with zero attached hydrogens (tertiary/aromatic N) is 2. The highest BCUT2D eigenvalue weighted by Gasteiger charge is 2.30. The number of halogens is 1. The summed E-state index contributed by atoms with van der Waals surface area (Å²) in [5, 5.41) is 10.2. The Morgan fingerprint density at radius 1 is 1.15 bits per heavy atom. The molecule has 1 aliphatic carbocycles. The largest absolute Gasteiger partial charge is 0.504 e. The Hall–Kier alpha value is -2.95. The molecule has 0 unspecified atom stereocenters. The molecule has 0 saturated heterocycles. The van der Waals surface area contributed by atoms with E-state index in [1.54, 1.807) is 10.6 Å². The van der Waals surface area contributed by atoms with E-state index >= 15 is 0 Å². The number of aromatic nitrogens is 2. The molecule has 0 atom stereocenters. The molecule has 2 aromatic carbocycles. The van der Waals surface area contributed by atoms with E-state index in [0.29, 0.717) is 24.5 Å². The summed E-state index contributed by atoms with van der Waals surface area (Å²) in [5.74, 6) is -0.616. The second kappa shape index (κ2) is 6.99. The summed E-state index contributed by atoms with van der Waals surface area (Å²) in [6.45, 7) is 2.23. The van der Waals surface area contributed by atoms with Crippen LogP contribution >= 0.6 is 0 Å². The molecule has 0 radical (unpaired) electrons. The highest BCUT2D eigenvalue weighted by Crippen LogP contribution is 2.40. The third-order valence-corrected chi connectivity index (χ3v) is 5.07. The Kier molecular flexibility index (Phi) is 4.52. The average Bonchev–Trinajstić information content (AvgIpc) is 3.49. The van der Waals surface area contributed by atoms with E-state index in [-0.39, 0.29) is 17.0 Å². The molecule has 4 rings (SSSR count). The number of hydrogen-bond donors (Lipinski definition) is 1. The molecule has 0 bridgehead atoms. The van der Waals surface area contributed by atoms with Gasteiger partial charge in [-0.05, 0) is 49.8 Å². The minimum Gasteiger partial charge on any atom is -0.504 e. The summed E-state index contributed by atoms with van der Waals surface area (Å²) in [5.41, 5.74) is 2.68.